The van der Waals surface area contributed by atoms with E-state index in [4.69, 9.17) is 0 Å². The smallest absolute Gasteiger partial charge is 0.193 e. The molecule has 0 aliphatic rings. The second kappa shape index (κ2) is 5.60. The first-order valence-corrected chi connectivity index (χ1v) is 7.16. The van der Waals surface area contributed by atoms with E-state index in [9.17, 15) is 0 Å². The summed E-state index contributed by atoms with van der Waals surface area (Å²) in [6.07, 6.45) is 5.67. The van der Waals surface area contributed by atoms with Gasteiger partial charge in [-0.2, -0.15) is 0 Å². The molecular formula is C14H15N5S. The highest BCUT2D eigenvalue weighted by Crippen LogP contribution is 2.28. The van der Waals surface area contributed by atoms with Gasteiger partial charge in [-0.15, -0.1) is 0 Å². The van der Waals surface area contributed by atoms with Crippen LogP contribution in [0.2, 0.25) is 0 Å². The maximum absolute atomic E-state index is 4.65. The van der Waals surface area contributed by atoms with Gasteiger partial charge in [-0.25, -0.2) is 15.0 Å². The van der Waals surface area contributed by atoms with Gasteiger partial charge in [0.15, 0.2) is 5.16 Å². The molecule has 0 amide bonds. The lowest BCUT2D eigenvalue weighted by Gasteiger charge is -2.03. The summed E-state index contributed by atoms with van der Waals surface area (Å²) < 4.78 is 2.09. The Labute approximate surface area is 121 Å². The number of nitrogens with zero attached hydrogens (tertiary/aromatic N) is 4. The first kappa shape index (κ1) is 13.1. The van der Waals surface area contributed by atoms with Gasteiger partial charge >= 0.3 is 0 Å². The fourth-order valence-corrected chi connectivity index (χ4v) is 2.77. The van der Waals surface area contributed by atoms with Gasteiger partial charge in [0, 0.05) is 25.1 Å². The molecular weight excluding hydrogens is 270 g/mol. The molecule has 102 valence electrons. The van der Waals surface area contributed by atoms with Crippen molar-refractivity contribution in [3.05, 3.63) is 48.0 Å². The fourth-order valence-electron chi connectivity index (χ4n) is 1.95. The van der Waals surface area contributed by atoms with Crippen LogP contribution in [0.5, 0.6) is 0 Å². The molecule has 3 heterocycles. The molecule has 0 fully saturated rings. The predicted molar refractivity (Wildman–Crippen MR) is 78.8 cm³/mol. The first-order valence-electron chi connectivity index (χ1n) is 6.35. The minimum Gasteiger partial charge on any atom is -0.314 e. The van der Waals surface area contributed by atoms with Crippen molar-refractivity contribution in [3.63, 3.8) is 0 Å². The lowest BCUT2D eigenvalue weighted by atomic mass is 10.4. The molecule has 6 heteroatoms. The molecule has 0 aromatic carbocycles. The second-order valence-corrected chi connectivity index (χ2v) is 5.42. The van der Waals surface area contributed by atoms with Crippen LogP contribution in [-0.2, 0) is 6.54 Å². The number of hydrogen-bond acceptors (Lipinski definition) is 5. The van der Waals surface area contributed by atoms with Gasteiger partial charge in [-0.3, -0.25) is 0 Å². The highest BCUT2D eigenvalue weighted by atomic mass is 32.2. The number of imidazole rings is 1. The molecule has 3 aromatic rings. The van der Waals surface area contributed by atoms with E-state index in [0.29, 0.717) is 0 Å². The molecule has 0 bridgehead atoms. The fraction of sp³-hybridized carbons (Fsp3) is 0.214. The van der Waals surface area contributed by atoms with E-state index in [0.717, 1.165) is 33.6 Å². The van der Waals surface area contributed by atoms with Crippen molar-refractivity contribution >= 4 is 17.4 Å². The van der Waals surface area contributed by atoms with Crippen molar-refractivity contribution in [1.82, 2.24) is 24.7 Å². The second-order valence-electron chi connectivity index (χ2n) is 4.47. The van der Waals surface area contributed by atoms with Gasteiger partial charge in [0.2, 0.25) is 0 Å². The standard InChI is InChI=1S/C14H15N5S/c1-10-7-16-14(17-8-10)20-13-11(9-15-2)19-6-4-3-5-12(19)18-13/h3-8,15H,9H2,1-2H3. The number of fused-ring (bicyclic) bond motifs is 1. The van der Waals surface area contributed by atoms with Crippen LogP contribution >= 0.6 is 11.8 Å². The van der Waals surface area contributed by atoms with Crippen LogP contribution in [0, 0.1) is 6.92 Å². The first-order chi connectivity index (χ1) is 9.78. The highest BCUT2D eigenvalue weighted by Gasteiger charge is 2.13. The number of rotatable bonds is 4. The Morgan fingerprint density at radius 3 is 2.80 bits per heavy atom. The molecule has 0 spiro atoms. The molecule has 1 N–H and O–H groups in total. The average molecular weight is 285 g/mol. The number of aromatic nitrogens is 4. The van der Waals surface area contributed by atoms with Gasteiger partial charge in [0.25, 0.3) is 0 Å². The number of pyridine rings is 1. The van der Waals surface area contributed by atoms with E-state index in [-0.39, 0.29) is 0 Å². The van der Waals surface area contributed by atoms with E-state index >= 15 is 0 Å². The van der Waals surface area contributed by atoms with E-state index in [1.165, 1.54) is 11.8 Å². The summed E-state index contributed by atoms with van der Waals surface area (Å²) in [5, 5.41) is 4.84. The van der Waals surface area contributed by atoms with E-state index < -0.39 is 0 Å². The molecule has 0 aliphatic carbocycles. The molecule has 0 unspecified atom stereocenters. The van der Waals surface area contributed by atoms with Crippen LogP contribution in [0.1, 0.15) is 11.3 Å². The van der Waals surface area contributed by atoms with Crippen LogP contribution in [-0.4, -0.2) is 26.4 Å². The number of hydrogen-bond donors (Lipinski definition) is 1. The van der Waals surface area contributed by atoms with Gasteiger partial charge in [0.05, 0.1) is 5.69 Å². The lowest BCUT2D eigenvalue weighted by molar-refractivity contribution is 0.763. The Kier molecular flexibility index (Phi) is 3.66. The van der Waals surface area contributed by atoms with E-state index in [1.807, 2.05) is 50.8 Å². The lowest BCUT2D eigenvalue weighted by Crippen LogP contribution is -2.08. The van der Waals surface area contributed by atoms with Crippen molar-refractivity contribution in [2.75, 3.05) is 7.05 Å². The monoisotopic (exact) mass is 285 g/mol. The van der Waals surface area contributed by atoms with Crippen LogP contribution < -0.4 is 5.32 Å². The summed E-state index contributed by atoms with van der Waals surface area (Å²) >= 11 is 1.49. The molecule has 0 saturated heterocycles. The van der Waals surface area contributed by atoms with Crippen LogP contribution in [0.25, 0.3) is 5.65 Å². The third kappa shape index (κ3) is 2.52. The topological polar surface area (TPSA) is 55.1 Å². The van der Waals surface area contributed by atoms with Crippen molar-refractivity contribution < 1.29 is 0 Å². The zero-order valence-corrected chi connectivity index (χ0v) is 12.2. The third-order valence-corrected chi connectivity index (χ3v) is 3.80. The van der Waals surface area contributed by atoms with Crippen LogP contribution in [0.15, 0.2) is 47.0 Å². The van der Waals surface area contributed by atoms with E-state index in [2.05, 4.69) is 24.7 Å². The number of aryl methyl sites for hydroxylation is 1. The molecule has 0 atom stereocenters. The summed E-state index contributed by atoms with van der Waals surface area (Å²) in [7, 11) is 1.93. The summed E-state index contributed by atoms with van der Waals surface area (Å²) in [4.78, 5) is 13.3. The summed E-state index contributed by atoms with van der Waals surface area (Å²) in [5.41, 5.74) is 3.12. The normalized spacial score (nSPS) is 11.1. The molecule has 0 aliphatic heterocycles. The van der Waals surface area contributed by atoms with Gasteiger partial charge in [0.1, 0.15) is 10.7 Å². The predicted octanol–water partition coefficient (Wildman–Crippen LogP) is 2.30. The molecule has 3 aromatic heterocycles. The van der Waals surface area contributed by atoms with Crippen molar-refractivity contribution in [2.45, 2.75) is 23.7 Å². The molecule has 20 heavy (non-hydrogen) atoms. The Hall–Kier alpha value is -1.92. The maximum atomic E-state index is 4.65. The van der Waals surface area contributed by atoms with Crippen molar-refractivity contribution in [3.8, 4) is 0 Å². The molecule has 5 nitrogen and oxygen atoms in total. The number of nitrogens with one attached hydrogen (secondary N) is 1. The minimum absolute atomic E-state index is 0.719. The summed E-state index contributed by atoms with van der Waals surface area (Å²) in [6, 6.07) is 5.99. The zero-order valence-electron chi connectivity index (χ0n) is 11.4. The summed E-state index contributed by atoms with van der Waals surface area (Å²) in [5.74, 6) is 0. The minimum atomic E-state index is 0.719. The molecule has 0 saturated carbocycles. The third-order valence-electron chi connectivity index (χ3n) is 2.88. The van der Waals surface area contributed by atoms with Crippen LogP contribution in [0.4, 0.5) is 0 Å². The Bertz CT molecular complexity index is 720. The Morgan fingerprint density at radius 1 is 1.25 bits per heavy atom. The molecule has 3 rings (SSSR count). The Morgan fingerprint density at radius 2 is 2.05 bits per heavy atom. The molecule has 0 radical (unpaired) electrons. The van der Waals surface area contributed by atoms with Crippen molar-refractivity contribution in [1.29, 1.82) is 0 Å². The summed E-state index contributed by atoms with van der Waals surface area (Å²) in [6.45, 7) is 2.73. The highest BCUT2D eigenvalue weighted by molar-refractivity contribution is 7.99. The van der Waals surface area contributed by atoms with Gasteiger partial charge in [-0.1, -0.05) is 6.07 Å². The zero-order chi connectivity index (χ0) is 13.9. The SMILES string of the molecule is CNCc1c(Sc2ncc(C)cn2)nc2ccccn12. The van der Waals surface area contributed by atoms with E-state index in [1.54, 1.807) is 0 Å². The largest absolute Gasteiger partial charge is 0.314 e. The van der Waals surface area contributed by atoms with Crippen LogP contribution in [0.3, 0.4) is 0 Å². The van der Waals surface area contributed by atoms with Crippen molar-refractivity contribution in [2.24, 2.45) is 0 Å². The Balaban J connectivity index is 2.01. The van der Waals surface area contributed by atoms with Gasteiger partial charge in [-0.05, 0) is 43.4 Å². The quantitative estimate of drug-likeness (QED) is 0.745. The average Bonchev–Trinajstić information content (AvgIpc) is 2.80. The van der Waals surface area contributed by atoms with Gasteiger partial charge < -0.3 is 9.72 Å². The maximum Gasteiger partial charge on any atom is 0.193 e.